The number of amides is 2. The highest BCUT2D eigenvalue weighted by Gasteiger charge is 2.16. The van der Waals surface area contributed by atoms with Crippen LogP contribution in [0.15, 0.2) is 60.0 Å². The summed E-state index contributed by atoms with van der Waals surface area (Å²) in [5, 5.41) is 15.6. The van der Waals surface area contributed by atoms with Crippen LogP contribution in [-0.4, -0.2) is 48.3 Å². The molecule has 2 amide bonds. The van der Waals surface area contributed by atoms with Gasteiger partial charge in [0.2, 0.25) is 0 Å². The van der Waals surface area contributed by atoms with Gasteiger partial charge in [-0.05, 0) is 47.8 Å². The van der Waals surface area contributed by atoms with E-state index in [-0.39, 0.29) is 11.8 Å². The first-order chi connectivity index (χ1) is 16.2. The van der Waals surface area contributed by atoms with Crippen LogP contribution in [0.25, 0.3) is 10.9 Å². The van der Waals surface area contributed by atoms with Crippen molar-refractivity contribution >= 4 is 45.6 Å². The third-order valence-corrected chi connectivity index (χ3v) is 6.42. The van der Waals surface area contributed by atoms with Crippen molar-refractivity contribution in [1.82, 2.24) is 15.5 Å². The molecule has 3 heterocycles. The maximum absolute atomic E-state index is 13.0. The fourth-order valence-corrected chi connectivity index (χ4v) is 4.42. The first kappa shape index (κ1) is 21.2. The zero-order valence-electron chi connectivity index (χ0n) is 17.8. The van der Waals surface area contributed by atoms with E-state index >= 15 is 0 Å². The molecule has 8 nitrogen and oxygen atoms in total. The van der Waals surface area contributed by atoms with Crippen LogP contribution in [0, 0.1) is 0 Å². The van der Waals surface area contributed by atoms with Crippen molar-refractivity contribution in [3.05, 3.63) is 76.0 Å². The summed E-state index contributed by atoms with van der Waals surface area (Å²) in [4.78, 5) is 28.9. The second-order valence-electron chi connectivity index (χ2n) is 7.70. The largest absolute Gasteiger partial charge is 0.378 e. The molecule has 1 aliphatic heterocycles. The van der Waals surface area contributed by atoms with Gasteiger partial charge < -0.3 is 20.3 Å². The van der Waals surface area contributed by atoms with Gasteiger partial charge in [0.25, 0.3) is 11.8 Å². The molecular formula is C24H23N5O3S. The molecule has 168 valence electrons. The molecular weight excluding hydrogens is 438 g/mol. The van der Waals surface area contributed by atoms with E-state index in [0.717, 1.165) is 29.2 Å². The quantitative estimate of drug-likeness (QED) is 0.407. The lowest BCUT2D eigenvalue weighted by molar-refractivity contribution is 0.0950. The van der Waals surface area contributed by atoms with Gasteiger partial charge in [-0.25, -0.2) is 0 Å². The molecule has 2 aromatic heterocycles. The first-order valence-corrected chi connectivity index (χ1v) is 11.6. The molecule has 0 saturated carbocycles. The summed E-state index contributed by atoms with van der Waals surface area (Å²) >= 11 is 1.59. The van der Waals surface area contributed by atoms with Crippen molar-refractivity contribution in [3.8, 4) is 0 Å². The summed E-state index contributed by atoms with van der Waals surface area (Å²) < 4.78 is 5.41. The minimum atomic E-state index is -0.258. The molecule has 3 N–H and O–H groups in total. The smallest absolute Gasteiger partial charge is 0.256 e. The highest BCUT2D eigenvalue weighted by molar-refractivity contribution is 7.09. The summed E-state index contributed by atoms with van der Waals surface area (Å²) in [6.45, 7) is 3.43. The summed E-state index contributed by atoms with van der Waals surface area (Å²) in [6, 6.07) is 16.7. The summed E-state index contributed by atoms with van der Waals surface area (Å²) in [7, 11) is 0. The number of hydrogen-bond acceptors (Lipinski definition) is 6. The normalized spacial score (nSPS) is 13.8. The van der Waals surface area contributed by atoms with Gasteiger partial charge in [0.05, 0.1) is 25.3 Å². The number of morpholine rings is 1. The van der Waals surface area contributed by atoms with E-state index in [2.05, 4.69) is 25.7 Å². The molecule has 0 radical (unpaired) electrons. The van der Waals surface area contributed by atoms with Crippen molar-refractivity contribution < 1.29 is 14.3 Å². The molecule has 1 saturated heterocycles. The number of rotatable bonds is 6. The van der Waals surface area contributed by atoms with Crippen LogP contribution in [0.3, 0.4) is 0 Å². The van der Waals surface area contributed by atoms with Crippen molar-refractivity contribution in [3.63, 3.8) is 0 Å². The summed E-state index contributed by atoms with van der Waals surface area (Å²) in [5.41, 5.74) is 2.77. The number of H-pyrrole nitrogens is 1. The van der Waals surface area contributed by atoms with Gasteiger partial charge in [0.1, 0.15) is 0 Å². The highest BCUT2D eigenvalue weighted by Crippen LogP contribution is 2.24. The number of nitrogens with one attached hydrogen (secondary N) is 3. The number of carbonyl (C=O) groups is 2. The number of aromatic amines is 1. The Labute approximate surface area is 194 Å². The number of fused-ring (bicyclic) bond motifs is 1. The number of thiophene rings is 1. The molecule has 2 aromatic carbocycles. The molecule has 0 bridgehead atoms. The number of ether oxygens (including phenoxy) is 1. The lowest BCUT2D eigenvalue weighted by atomic mass is 10.1. The number of carbonyl (C=O) groups excluding carboxylic acids is 2. The van der Waals surface area contributed by atoms with Gasteiger partial charge in [-0.15, -0.1) is 11.3 Å². The Bertz CT molecular complexity index is 1280. The molecule has 9 heteroatoms. The van der Waals surface area contributed by atoms with Crippen molar-refractivity contribution in [2.75, 3.05) is 36.5 Å². The number of aromatic nitrogens is 2. The van der Waals surface area contributed by atoms with Crippen molar-refractivity contribution in [1.29, 1.82) is 0 Å². The van der Waals surface area contributed by atoms with Gasteiger partial charge in [0.15, 0.2) is 5.82 Å². The second-order valence-corrected chi connectivity index (χ2v) is 8.73. The maximum atomic E-state index is 13.0. The third-order valence-electron chi connectivity index (χ3n) is 5.54. The zero-order chi connectivity index (χ0) is 22.6. The number of benzene rings is 2. The standard InChI is InChI=1S/C24H23N5O3S/c30-23(25-15-19-5-2-12-33-19)17-6-7-21-20(14-17)22(28-27-21)26-24(31)16-3-1-4-18(13-16)29-8-10-32-11-9-29/h1-7,12-14H,8-11,15H2,(H,25,30)(H2,26,27,28,31). The van der Waals surface area contributed by atoms with Crippen molar-refractivity contribution in [2.24, 2.45) is 0 Å². The Hall–Kier alpha value is -3.69. The van der Waals surface area contributed by atoms with E-state index in [1.807, 2.05) is 35.7 Å². The number of nitrogens with zero attached hydrogens (tertiary/aromatic N) is 2. The van der Waals surface area contributed by atoms with Gasteiger partial charge >= 0.3 is 0 Å². The van der Waals surface area contributed by atoms with Gasteiger partial charge in [0, 0.05) is 40.2 Å². The third kappa shape index (κ3) is 4.74. The van der Waals surface area contributed by atoms with Crippen LogP contribution in [-0.2, 0) is 11.3 Å². The van der Waals surface area contributed by atoms with E-state index in [1.54, 1.807) is 35.6 Å². The summed E-state index contributed by atoms with van der Waals surface area (Å²) in [5.74, 6) is -0.0484. The van der Waals surface area contributed by atoms with Crippen LogP contribution in [0.2, 0.25) is 0 Å². The molecule has 4 aromatic rings. The molecule has 1 aliphatic rings. The lowest BCUT2D eigenvalue weighted by Crippen LogP contribution is -2.36. The monoisotopic (exact) mass is 461 g/mol. The zero-order valence-corrected chi connectivity index (χ0v) is 18.7. The van der Waals surface area contributed by atoms with Crippen molar-refractivity contribution in [2.45, 2.75) is 6.54 Å². The topological polar surface area (TPSA) is 99.3 Å². The van der Waals surface area contributed by atoms with E-state index in [1.165, 1.54) is 0 Å². The molecule has 0 unspecified atom stereocenters. The summed E-state index contributed by atoms with van der Waals surface area (Å²) in [6.07, 6.45) is 0. The SMILES string of the molecule is O=C(NCc1cccs1)c1ccc2[nH]nc(NC(=O)c3cccc(N4CCOCC4)c3)c2c1. The van der Waals surface area contributed by atoms with Crippen LogP contribution in [0.1, 0.15) is 25.6 Å². The van der Waals surface area contributed by atoms with Crippen LogP contribution in [0.4, 0.5) is 11.5 Å². The van der Waals surface area contributed by atoms with Gasteiger partial charge in [-0.2, -0.15) is 5.10 Å². The first-order valence-electron chi connectivity index (χ1n) is 10.7. The second kappa shape index (κ2) is 9.43. The van der Waals surface area contributed by atoms with E-state index < -0.39 is 0 Å². The number of hydrogen-bond donors (Lipinski definition) is 3. The molecule has 0 spiro atoms. The predicted octanol–water partition coefficient (Wildman–Crippen LogP) is 3.64. The minimum Gasteiger partial charge on any atom is -0.378 e. The predicted molar refractivity (Wildman–Crippen MR) is 129 cm³/mol. The average Bonchev–Trinajstić information content (AvgIpc) is 3.53. The van der Waals surface area contributed by atoms with Crippen LogP contribution < -0.4 is 15.5 Å². The van der Waals surface area contributed by atoms with E-state index in [0.29, 0.717) is 42.1 Å². The lowest BCUT2D eigenvalue weighted by Gasteiger charge is -2.29. The Morgan fingerprint density at radius 3 is 2.70 bits per heavy atom. The Morgan fingerprint density at radius 1 is 1.03 bits per heavy atom. The van der Waals surface area contributed by atoms with Crippen LogP contribution in [0.5, 0.6) is 0 Å². The Kier molecular flexibility index (Phi) is 6.05. The fraction of sp³-hybridized carbons (Fsp3) is 0.208. The van der Waals surface area contributed by atoms with E-state index in [9.17, 15) is 9.59 Å². The fourth-order valence-electron chi connectivity index (χ4n) is 3.78. The molecule has 5 rings (SSSR count). The van der Waals surface area contributed by atoms with Crippen LogP contribution >= 0.6 is 11.3 Å². The maximum Gasteiger partial charge on any atom is 0.256 e. The Balaban J connectivity index is 1.32. The van der Waals surface area contributed by atoms with Gasteiger partial charge in [-0.3, -0.25) is 14.7 Å². The van der Waals surface area contributed by atoms with E-state index in [4.69, 9.17) is 4.74 Å². The number of anilines is 2. The highest BCUT2D eigenvalue weighted by atomic mass is 32.1. The van der Waals surface area contributed by atoms with Gasteiger partial charge in [-0.1, -0.05) is 12.1 Å². The average molecular weight is 462 g/mol. The minimum absolute atomic E-state index is 0.179. The Morgan fingerprint density at radius 2 is 1.88 bits per heavy atom. The molecule has 0 aliphatic carbocycles. The molecule has 0 atom stereocenters. The molecule has 33 heavy (non-hydrogen) atoms. The molecule has 1 fully saturated rings.